The monoisotopic (exact) mass is 314 g/mol. The molecule has 0 saturated heterocycles. The van der Waals surface area contributed by atoms with Crippen molar-refractivity contribution in [2.45, 2.75) is 6.54 Å². The number of carbonyl (C=O) groups is 1. The molecule has 2 aromatic carbocycles. The third-order valence-corrected chi connectivity index (χ3v) is 3.22. The number of hydrogen-bond acceptors (Lipinski definition) is 3. The zero-order valence-electron chi connectivity index (χ0n) is 11.9. The molecule has 0 aliphatic carbocycles. The molecule has 5 nitrogen and oxygen atoms in total. The van der Waals surface area contributed by atoms with Gasteiger partial charge in [0.25, 0.3) is 5.91 Å². The van der Waals surface area contributed by atoms with E-state index in [2.05, 4.69) is 15.5 Å². The molecular weight excluding hydrogens is 302 g/mol. The first-order chi connectivity index (χ1) is 11.1. The topological polar surface area (TPSA) is 59.3 Å². The second-order valence-corrected chi connectivity index (χ2v) is 4.79. The Morgan fingerprint density at radius 1 is 1.17 bits per heavy atom. The van der Waals surface area contributed by atoms with Gasteiger partial charge in [0.15, 0.2) is 0 Å². The Morgan fingerprint density at radius 3 is 2.70 bits per heavy atom. The summed E-state index contributed by atoms with van der Waals surface area (Å²) in [7, 11) is 0. The quantitative estimate of drug-likeness (QED) is 0.594. The molecule has 0 radical (unpaired) electrons. The summed E-state index contributed by atoms with van der Waals surface area (Å²) >= 11 is 0. The summed E-state index contributed by atoms with van der Waals surface area (Å²) < 4.78 is 28.5. The number of para-hydroxylation sites is 2. The largest absolute Gasteiger partial charge is 0.321 e. The highest BCUT2D eigenvalue weighted by atomic mass is 19.1. The van der Waals surface area contributed by atoms with E-state index in [-0.39, 0.29) is 12.1 Å². The van der Waals surface area contributed by atoms with Crippen LogP contribution in [0.25, 0.3) is 11.0 Å². The van der Waals surface area contributed by atoms with Crippen molar-refractivity contribution < 1.29 is 13.6 Å². The number of rotatable bonds is 4. The van der Waals surface area contributed by atoms with E-state index < -0.39 is 17.5 Å². The van der Waals surface area contributed by atoms with Crippen molar-refractivity contribution >= 4 is 23.2 Å². The van der Waals surface area contributed by atoms with Gasteiger partial charge in [-0.3, -0.25) is 4.79 Å². The Balaban J connectivity index is 1.67. The fourth-order valence-corrected chi connectivity index (χ4v) is 2.13. The van der Waals surface area contributed by atoms with E-state index in [0.29, 0.717) is 0 Å². The van der Waals surface area contributed by atoms with Gasteiger partial charge in [-0.05, 0) is 24.3 Å². The molecule has 3 rings (SSSR count). The van der Waals surface area contributed by atoms with Crippen LogP contribution in [0.1, 0.15) is 5.56 Å². The number of hydrazone groups is 1. The molecule has 23 heavy (non-hydrogen) atoms. The van der Waals surface area contributed by atoms with Gasteiger partial charge in [-0.2, -0.15) is 5.10 Å². The first-order valence-electron chi connectivity index (χ1n) is 6.81. The third-order valence-electron chi connectivity index (χ3n) is 3.22. The fourth-order valence-electron chi connectivity index (χ4n) is 2.13. The molecule has 1 heterocycles. The zero-order chi connectivity index (χ0) is 16.2. The highest BCUT2D eigenvalue weighted by Gasteiger charge is 2.07. The minimum atomic E-state index is -0.747. The van der Waals surface area contributed by atoms with Crippen LogP contribution < -0.4 is 5.43 Å². The van der Waals surface area contributed by atoms with Crippen LogP contribution in [0.4, 0.5) is 8.78 Å². The molecule has 7 heteroatoms. The highest BCUT2D eigenvalue weighted by Crippen LogP contribution is 2.11. The minimum Gasteiger partial charge on any atom is -0.321 e. The van der Waals surface area contributed by atoms with Crippen LogP contribution in [0.15, 0.2) is 53.9 Å². The predicted octanol–water partition coefficient (Wildman–Crippen LogP) is 2.46. The number of benzene rings is 2. The molecule has 0 bridgehead atoms. The average Bonchev–Trinajstić information content (AvgIpc) is 2.93. The smallest absolute Gasteiger partial charge is 0.260 e. The van der Waals surface area contributed by atoms with Crippen LogP contribution in [0.5, 0.6) is 0 Å². The second kappa shape index (κ2) is 6.35. The summed E-state index contributed by atoms with van der Waals surface area (Å²) in [4.78, 5) is 16.0. The Hall–Kier alpha value is -3.09. The van der Waals surface area contributed by atoms with Gasteiger partial charge in [0.2, 0.25) is 0 Å². The van der Waals surface area contributed by atoms with Gasteiger partial charge < -0.3 is 4.57 Å². The Morgan fingerprint density at radius 2 is 1.91 bits per heavy atom. The van der Waals surface area contributed by atoms with Crippen LogP contribution in [0.2, 0.25) is 0 Å². The molecule has 1 N–H and O–H groups in total. The number of halogens is 2. The highest BCUT2D eigenvalue weighted by molar-refractivity contribution is 5.84. The molecule has 0 spiro atoms. The number of carbonyl (C=O) groups excluding carboxylic acids is 1. The van der Waals surface area contributed by atoms with Crippen molar-refractivity contribution in [3.8, 4) is 0 Å². The molecule has 0 saturated carbocycles. The summed E-state index contributed by atoms with van der Waals surface area (Å²) in [5, 5.41) is 3.59. The van der Waals surface area contributed by atoms with Gasteiger partial charge >= 0.3 is 0 Å². The predicted molar refractivity (Wildman–Crippen MR) is 81.8 cm³/mol. The maximum atomic E-state index is 13.4. The SMILES string of the molecule is O=C(Cn1cnc2ccccc21)N/N=C/c1c(F)cccc1F. The second-order valence-electron chi connectivity index (χ2n) is 4.79. The van der Waals surface area contributed by atoms with E-state index in [1.165, 1.54) is 6.07 Å². The average molecular weight is 314 g/mol. The normalized spacial score (nSPS) is 11.2. The number of hydrogen-bond donors (Lipinski definition) is 1. The molecule has 0 aliphatic rings. The zero-order valence-corrected chi connectivity index (χ0v) is 11.9. The molecule has 0 aliphatic heterocycles. The molecule has 1 amide bonds. The Labute approximate surface area is 130 Å². The van der Waals surface area contributed by atoms with E-state index in [9.17, 15) is 13.6 Å². The molecule has 0 atom stereocenters. The number of nitrogens with one attached hydrogen (secondary N) is 1. The van der Waals surface area contributed by atoms with Crippen molar-refractivity contribution in [2.24, 2.45) is 5.10 Å². The van der Waals surface area contributed by atoms with E-state index in [0.717, 1.165) is 29.4 Å². The van der Waals surface area contributed by atoms with Crippen molar-refractivity contribution in [1.29, 1.82) is 0 Å². The summed E-state index contributed by atoms with van der Waals surface area (Å²) in [6.45, 7) is -0.00237. The summed E-state index contributed by atoms with van der Waals surface area (Å²) in [5.74, 6) is -1.92. The number of fused-ring (bicyclic) bond motifs is 1. The van der Waals surface area contributed by atoms with E-state index in [4.69, 9.17) is 0 Å². The van der Waals surface area contributed by atoms with Crippen molar-refractivity contribution in [2.75, 3.05) is 0 Å². The Bertz CT molecular complexity index is 868. The standard InChI is InChI=1S/C16H12F2N4O/c17-12-4-3-5-13(18)11(12)8-20-21-16(23)9-22-10-19-14-6-1-2-7-15(14)22/h1-8,10H,9H2,(H,21,23)/b20-8+. The lowest BCUT2D eigenvalue weighted by Crippen LogP contribution is -2.23. The fraction of sp³-hybridized carbons (Fsp3) is 0.0625. The van der Waals surface area contributed by atoms with Gasteiger partial charge in [0.1, 0.15) is 18.2 Å². The van der Waals surface area contributed by atoms with Crippen molar-refractivity contribution in [3.63, 3.8) is 0 Å². The van der Waals surface area contributed by atoms with Crippen molar-refractivity contribution in [3.05, 3.63) is 66.0 Å². The van der Waals surface area contributed by atoms with Gasteiger partial charge in [0.05, 0.1) is 29.1 Å². The van der Waals surface area contributed by atoms with Crippen LogP contribution in [-0.4, -0.2) is 21.7 Å². The lowest BCUT2D eigenvalue weighted by molar-refractivity contribution is -0.121. The van der Waals surface area contributed by atoms with E-state index in [1.807, 2.05) is 24.3 Å². The summed E-state index contributed by atoms with van der Waals surface area (Å²) in [5.41, 5.74) is 3.52. The van der Waals surface area contributed by atoms with Crippen LogP contribution >= 0.6 is 0 Å². The molecule has 116 valence electrons. The number of nitrogens with zero attached hydrogens (tertiary/aromatic N) is 3. The third kappa shape index (κ3) is 3.23. The number of aromatic nitrogens is 2. The first kappa shape index (κ1) is 14.8. The van der Waals surface area contributed by atoms with Gasteiger partial charge in [0, 0.05) is 0 Å². The van der Waals surface area contributed by atoms with Crippen LogP contribution in [0, 0.1) is 11.6 Å². The van der Waals surface area contributed by atoms with Gasteiger partial charge in [-0.15, -0.1) is 0 Å². The lowest BCUT2D eigenvalue weighted by Gasteiger charge is -2.03. The lowest BCUT2D eigenvalue weighted by atomic mass is 10.2. The molecular formula is C16H12F2N4O. The van der Waals surface area contributed by atoms with Gasteiger partial charge in [-0.25, -0.2) is 19.2 Å². The van der Waals surface area contributed by atoms with Crippen molar-refractivity contribution in [1.82, 2.24) is 15.0 Å². The molecule has 0 unspecified atom stereocenters. The Kier molecular flexibility index (Phi) is 4.09. The number of amides is 1. The first-order valence-corrected chi connectivity index (χ1v) is 6.81. The van der Waals surface area contributed by atoms with E-state index >= 15 is 0 Å². The maximum absolute atomic E-state index is 13.4. The van der Waals surface area contributed by atoms with Crippen LogP contribution in [0.3, 0.4) is 0 Å². The van der Waals surface area contributed by atoms with Gasteiger partial charge in [-0.1, -0.05) is 18.2 Å². The van der Waals surface area contributed by atoms with Crippen LogP contribution in [-0.2, 0) is 11.3 Å². The number of imidazole rings is 1. The molecule has 3 aromatic rings. The minimum absolute atomic E-state index is 0.00237. The summed E-state index contributed by atoms with van der Waals surface area (Å²) in [6.07, 6.45) is 2.49. The van der Waals surface area contributed by atoms with E-state index in [1.54, 1.807) is 10.9 Å². The summed E-state index contributed by atoms with van der Waals surface area (Å²) in [6, 6.07) is 10.9. The molecule has 0 fully saturated rings. The molecule has 1 aromatic heterocycles. The maximum Gasteiger partial charge on any atom is 0.260 e.